The first kappa shape index (κ1) is 23.4. The Morgan fingerprint density at radius 1 is 1.15 bits per heavy atom. The van der Waals surface area contributed by atoms with Gasteiger partial charge in [0.15, 0.2) is 0 Å². The Bertz CT molecular complexity index is 895. The number of piperidine rings is 1. The minimum absolute atomic E-state index is 0.266. The van der Waals surface area contributed by atoms with E-state index in [2.05, 4.69) is 31.9 Å². The number of carbonyl (C=O) groups is 1. The van der Waals surface area contributed by atoms with Gasteiger partial charge in [-0.05, 0) is 56.5 Å². The lowest BCUT2D eigenvalue weighted by molar-refractivity contribution is -0.127. The van der Waals surface area contributed by atoms with Crippen LogP contribution in [0, 0.1) is 0 Å². The lowest BCUT2D eigenvalue weighted by Gasteiger charge is -2.41. The summed E-state index contributed by atoms with van der Waals surface area (Å²) < 4.78 is 5.84. The second-order valence-electron chi connectivity index (χ2n) is 9.30. The predicted molar refractivity (Wildman–Crippen MR) is 127 cm³/mol. The van der Waals surface area contributed by atoms with Gasteiger partial charge in [-0.25, -0.2) is 9.97 Å². The highest BCUT2D eigenvalue weighted by atomic mass is 16.5. The topological polar surface area (TPSA) is 82.0 Å². The molecule has 2 aromatic rings. The van der Waals surface area contributed by atoms with Crippen LogP contribution in [0.1, 0.15) is 37.7 Å². The molecule has 1 atom stereocenters. The molecule has 2 fully saturated rings. The standard InChI is InChI=1S/C25H35N5O3/c1-28(19-25(32)11-3-15-30(20-25)24-26-12-4-13-27-24)18-21-7-9-22(10-8-21)33-17-5-16-29-14-2-6-23(29)31/h4,7-10,12-13,32H,2-3,5-6,11,14-20H2,1H3/t25-/m1/s1. The zero-order valence-corrected chi connectivity index (χ0v) is 19.5. The van der Waals surface area contributed by atoms with Crippen LogP contribution in [0.3, 0.4) is 0 Å². The fraction of sp³-hybridized carbons (Fsp3) is 0.560. The van der Waals surface area contributed by atoms with Crippen LogP contribution in [0.15, 0.2) is 42.7 Å². The summed E-state index contributed by atoms with van der Waals surface area (Å²) in [4.78, 5) is 26.5. The Kier molecular flexibility index (Phi) is 7.77. The van der Waals surface area contributed by atoms with Crippen LogP contribution in [0.25, 0.3) is 0 Å². The Morgan fingerprint density at radius 3 is 2.67 bits per heavy atom. The Balaban J connectivity index is 1.21. The third-order valence-electron chi connectivity index (χ3n) is 6.34. The predicted octanol–water partition coefficient (Wildman–Crippen LogP) is 2.33. The summed E-state index contributed by atoms with van der Waals surface area (Å²) in [5.41, 5.74) is 0.390. The Hall–Kier alpha value is -2.71. The maximum atomic E-state index is 11.6. The zero-order chi connectivity index (χ0) is 23.1. The summed E-state index contributed by atoms with van der Waals surface area (Å²) in [6, 6.07) is 9.94. The summed E-state index contributed by atoms with van der Waals surface area (Å²) in [7, 11) is 2.04. The van der Waals surface area contributed by atoms with Crippen LogP contribution in [0.5, 0.6) is 5.75 Å². The first-order valence-corrected chi connectivity index (χ1v) is 11.9. The van der Waals surface area contributed by atoms with E-state index in [-0.39, 0.29) is 5.91 Å². The molecule has 1 amide bonds. The second-order valence-corrected chi connectivity index (χ2v) is 9.30. The van der Waals surface area contributed by atoms with Crippen molar-refractivity contribution in [3.05, 3.63) is 48.3 Å². The lowest BCUT2D eigenvalue weighted by atomic mass is 9.92. The molecular formula is C25H35N5O3. The van der Waals surface area contributed by atoms with Gasteiger partial charge in [-0.2, -0.15) is 0 Å². The van der Waals surface area contributed by atoms with Crippen molar-refractivity contribution in [3.8, 4) is 5.75 Å². The van der Waals surface area contributed by atoms with Crippen molar-refractivity contribution in [1.82, 2.24) is 19.8 Å². The number of aliphatic hydroxyl groups is 1. The SMILES string of the molecule is CN(Cc1ccc(OCCCN2CCCC2=O)cc1)C[C@]1(O)CCCN(c2ncccn2)C1. The van der Waals surface area contributed by atoms with Crippen LogP contribution < -0.4 is 9.64 Å². The third kappa shape index (κ3) is 6.65. The number of nitrogens with zero attached hydrogens (tertiary/aromatic N) is 5. The maximum absolute atomic E-state index is 11.6. The second kappa shape index (κ2) is 10.9. The lowest BCUT2D eigenvalue weighted by Crippen LogP contribution is -2.54. The fourth-order valence-electron chi connectivity index (χ4n) is 4.81. The van der Waals surface area contributed by atoms with Gasteiger partial charge in [0, 0.05) is 51.5 Å². The molecule has 2 aliphatic rings. The van der Waals surface area contributed by atoms with Crippen molar-refractivity contribution in [2.24, 2.45) is 0 Å². The van der Waals surface area contributed by atoms with Gasteiger partial charge in [0.05, 0.1) is 18.8 Å². The summed E-state index contributed by atoms with van der Waals surface area (Å²) >= 11 is 0. The van der Waals surface area contributed by atoms with Crippen LogP contribution >= 0.6 is 0 Å². The van der Waals surface area contributed by atoms with E-state index in [9.17, 15) is 9.90 Å². The molecule has 8 heteroatoms. The number of hydrogen-bond acceptors (Lipinski definition) is 7. The van der Waals surface area contributed by atoms with Gasteiger partial charge in [0.1, 0.15) is 5.75 Å². The smallest absolute Gasteiger partial charge is 0.225 e. The van der Waals surface area contributed by atoms with Gasteiger partial charge in [0.2, 0.25) is 11.9 Å². The monoisotopic (exact) mass is 453 g/mol. The van der Waals surface area contributed by atoms with Crippen molar-refractivity contribution < 1.29 is 14.6 Å². The molecule has 0 unspecified atom stereocenters. The van der Waals surface area contributed by atoms with Crippen LogP contribution in [-0.2, 0) is 11.3 Å². The van der Waals surface area contributed by atoms with Gasteiger partial charge in [0.25, 0.3) is 0 Å². The zero-order valence-electron chi connectivity index (χ0n) is 19.5. The number of ether oxygens (including phenoxy) is 1. The van der Waals surface area contributed by atoms with Crippen molar-refractivity contribution >= 4 is 11.9 Å². The molecule has 1 aromatic heterocycles. The molecule has 1 N–H and O–H groups in total. The molecule has 2 aliphatic heterocycles. The summed E-state index contributed by atoms with van der Waals surface area (Å²) in [5.74, 6) is 1.79. The van der Waals surface area contributed by atoms with Gasteiger partial charge in [-0.15, -0.1) is 0 Å². The number of amides is 1. The van der Waals surface area contributed by atoms with E-state index in [1.807, 2.05) is 24.1 Å². The molecule has 4 rings (SSSR count). The van der Waals surface area contributed by atoms with E-state index < -0.39 is 5.60 Å². The van der Waals surface area contributed by atoms with Gasteiger partial charge in [-0.1, -0.05) is 12.1 Å². The van der Waals surface area contributed by atoms with Crippen molar-refractivity contribution in [3.63, 3.8) is 0 Å². The molecule has 2 saturated heterocycles. The Labute approximate surface area is 196 Å². The van der Waals surface area contributed by atoms with Crippen LogP contribution in [-0.4, -0.2) is 82.8 Å². The third-order valence-corrected chi connectivity index (χ3v) is 6.34. The van der Waals surface area contributed by atoms with E-state index in [1.165, 1.54) is 5.56 Å². The molecule has 178 valence electrons. The number of aromatic nitrogens is 2. The number of carbonyl (C=O) groups excluding carboxylic acids is 1. The van der Waals surface area contributed by atoms with Crippen molar-refractivity contribution in [2.75, 3.05) is 51.3 Å². The first-order chi connectivity index (χ1) is 16.0. The number of β-amino-alcohol motifs (C(OH)–C–C–N with tert-alkyl or cyclic N) is 1. The quantitative estimate of drug-likeness (QED) is 0.553. The number of rotatable bonds is 10. The average molecular weight is 454 g/mol. The fourth-order valence-corrected chi connectivity index (χ4v) is 4.81. The minimum atomic E-state index is -0.786. The maximum Gasteiger partial charge on any atom is 0.225 e. The highest BCUT2D eigenvalue weighted by Gasteiger charge is 2.35. The Morgan fingerprint density at radius 2 is 1.94 bits per heavy atom. The molecule has 0 spiro atoms. The van der Waals surface area contributed by atoms with E-state index in [1.54, 1.807) is 18.5 Å². The highest BCUT2D eigenvalue weighted by Crippen LogP contribution is 2.25. The molecule has 33 heavy (non-hydrogen) atoms. The van der Waals surface area contributed by atoms with Gasteiger partial charge < -0.3 is 19.6 Å². The van der Waals surface area contributed by atoms with Crippen molar-refractivity contribution in [1.29, 1.82) is 0 Å². The summed E-state index contributed by atoms with van der Waals surface area (Å²) in [6.07, 6.45) is 7.69. The summed E-state index contributed by atoms with van der Waals surface area (Å²) in [5, 5.41) is 11.2. The molecule has 0 radical (unpaired) electrons. The van der Waals surface area contributed by atoms with E-state index in [0.717, 1.165) is 57.6 Å². The molecule has 0 saturated carbocycles. The number of likely N-dealkylation sites (N-methyl/N-ethyl adjacent to an activating group) is 1. The minimum Gasteiger partial charge on any atom is -0.494 e. The van der Waals surface area contributed by atoms with E-state index in [0.29, 0.717) is 32.1 Å². The molecule has 0 aliphatic carbocycles. The molecule has 3 heterocycles. The molecule has 1 aromatic carbocycles. The van der Waals surface area contributed by atoms with Crippen LogP contribution in [0.4, 0.5) is 5.95 Å². The number of hydrogen-bond donors (Lipinski definition) is 1. The largest absolute Gasteiger partial charge is 0.494 e. The van der Waals surface area contributed by atoms with Crippen LogP contribution in [0.2, 0.25) is 0 Å². The number of benzene rings is 1. The van der Waals surface area contributed by atoms with E-state index in [4.69, 9.17) is 4.74 Å². The number of likely N-dealkylation sites (tertiary alicyclic amines) is 1. The van der Waals surface area contributed by atoms with Gasteiger partial charge >= 0.3 is 0 Å². The molecular weight excluding hydrogens is 418 g/mol. The van der Waals surface area contributed by atoms with Crippen molar-refractivity contribution in [2.45, 2.75) is 44.2 Å². The van der Waals surface area contributed by atoms with E-state index >= 15 is 0 Å². The number of anilines is 1. The average Bonchev–Trinajstić information content (AvgIpc) is 3.22. The molecule has 0 bridgehead atoms. The van der Waals surface area contributed by atoms with Gasteiger partial charge in [-0.3, -0.25) is 9.69 Å². The first-order valence-electron chi connectivity index (χ1n) is 11.9. The molecule has 8 nitrogen and oxygen atoms in total. The normalized spacial score (nSPS) is 21.1. The summed E-state index contributed by atoms with van der Waals surface area (Å²) in [6.45, 7) is 5.01. The highest BCUT2D eigenvalue weighted by molar-refractivity contribution is 5.77.